The van der Waals surface area contributed by atoms with Crippen LogP contribution in [0.4, 0.5) is 0 Å². The summed E-state index contributed by atoms with van der Waals surface area (Å²) in [6.45, 7) is 26.4. The molecule has 0 saturated heterocycles. The Morgan fingerprint density at radius 2 is 0.919 bits per heavy atom. The van der Waals surface area contributed by atoms with Gasteiger partial charge in [-0.2, -0.15) is 0 Å². The van der Waals surface area contributed by atoms with Gasteiger partial charge in [0.2, 0.25) is 0 Å². The number of phenolic OH excluding ortho intramolecular Hbond substituents is 1. The van der Waals surface area contributed by atoms with Crippen LogP contribution in [-0.4, -0.2) is 48.7 Å². The molecule has 6 aromatic rings. The van der Waals surface area contributed by atoms with Crippen molar-refractivity contribution in [2.45, 2.75) is 99.8 Å². The van der Waals surface area contributed by atoms with Crippen molar-refractivity contribution in [3.8, 4) is 45.6 Å². The normalized spacial score (nSPS) is 11.2. The van der Waals surface area contributed by atoms with E-state index < -0.39 is 12.8 Å². The highest BCUT2D eigenvalue weighted by Gasteiger charge is 2.20. The molecule has 336 valence electrons. The minimum Gasteiger partial charge on any atom is -0.508 e. The van der Waals surface area contributed by atoms with Gasteiger partial charge in [-0.25, -0.2) is 9.97 Å². The first kappa shape index (κ1) is 53.5. The van der Waals surface area contributed by atoms with Crippen molar-refractivity contribution < 1.29 is 9.63 Å². The Hall–Kier alpha value is -2.83. The van der Waals surface area contributed by atoms with Crippen LogP contribution in [-0.2, 0) is 0 Å². The van der Waals surface area contributed by atoms with Crippen molar-refractivity contribution in [2.24, 2.45) is 0 Å². The third-order valence-corrected chi connectivity index (χ3v) is 10.9. The average Bonchev–Trinajstić information content (AvgIpc) is 3.92. The molecule has 0 saturated carbocycles. The standard InChI is InChI=1S/C21H23Cl2N2OP.C21H24N2O.C6H15N.Cl3P/c1-14(2)18-9-6-10-19(15(3)4)20(18)25-12-11-24-21(25)16-7-5-8-17(13-16)26-27(22)23;1-14(2)18-9-6-10-19(15(3)4)20(18)23-12-11-22-21(23)16-7-5-8-17(24)13-16;1-4-7(5-2)6-3;1-4(2)3/h5-15H,1-4H3;5-15,24H,1-4H3;4-6H2,1-3H3;. The maximum absolute atomic E-state index is 9.82. The van der Waals surface area contributed by atoms with E-state index in [1.54, 1.807) is 12.1 Å². The van der Waals surface area contributed by atoms with Gasteiger partial charge in [-0.3, -0.25) is 9.13 Å². The van der Waals surface area contributed by atoms with Crippen LogP contribution in [0.25, 0.3) is 34.2 Å². The number of nitrogens with zero attached hydrogens (tertiary/aromatic N) is 5. The number of aromatic nitrogens is 4. The summed E-state index contributed by atoms with van der Waals surface area (Å²) in [4.78, 5) is 11.6. The van der Waals surface area contributed by atoms with E-state index in [2.05, 4.69) is 137 Å². The molecule has 0 amide bonds. The van der Waals surface area contributed by atoms with Gasteiger partial charge < -0.3 is 14.5 Å². The molecule has 14 heteroatoms. The topological polar surface area (TPSA) is 68.3 Å². The van der Waals surface area contributed by atoms with Crippen molar-refractivity contribution in [1.29, 1.82) is 0 Å². The molecule has 1 N–H and O–H groups in total. The van der Waals surface area contributed by atoms with E-state index in [0.717, 1.165) is 22.8 Å². The number of aromatic hydroxyl groups is 1. The lowest BCUT2D eigenvalue weighted by Gasteiger charge is -2.22. The number of rotatable bonds is 13. The third kappa shape index (κ3) is 15.7. The number of benzene rings is 4. The molecular weight excluding hydrogens is 918 g/mol. The maximum atomic E-state index is 9.82. The van der Waals surface area contributed by atoms with Crippen LogP contribution in [0.15, 0.2) is 110 Å². The zero-order chi connectivity index (χ0) is 46.1. The zero-order valence-corrected chi connectivity index (χ0v) is 43.3. The lowest BCUT2D eigenvalue weighted by molar-refractivity contribution is 0.321. The van der Waals surface area contributed by atoms with Crippen LogP contribution in [0.3, 0.4) is 0 Å². The Bertz CT molecular complexity index is 2180. The SMILES string of the molecule is CC(C)c1cccc(C(C)C)c1-n1ccnc1-c1cccc(O)c1.CC(C)c1cccc(C(C)C)c1-n1ccnc1-c1cccc(OP(Cl)Cl)c1.CCN(CC)CC.ClP(Cl)Cl. The molecule has 7 nitrogen and oxygen atoms in total. The molecule has 62 heavy (non-hydrogen) atoms. The Labute approximate surface area is 397 Å². The van der Waals surface area contributed by atoms with Gasteiger partial charge in [0.1, 0.15) is 23.1 Å². The van der Waals surface area contributed by atoms with Gasteiger partial charge in [0, 0.05) is 35.9 Å². The van der Waals surface area contributed by atoms with Gasteiger partial charge in [0.15, 0.2) is 5.98 Å². The van der Waals surface area contributed by atoms with Crippen LogP contribution in [0, 0.1) is 0 Å². The first-order valence-electron chi connectivity index (χ1n) is 21.0. The van der Waals surface area contributed by atoms with Crippen molar-refractivity contribution >= 4 is 69.0 Å². The molecule has 0 unspecified atom stereocenters. The van der Waals surface area contributed by atoms with E-state index in [9.17, 15) is 5.11 Å². The summed E-state index contributed by atoms with van der Waals surface area (Å²) in [6, 6.07) is 28.0. The van der Waals surface area contributed by atoms with Crippen LogP contribution >= 0.6 is 69.0 Å². The van der Waals surface area contributed by atoms with Crippen molar-refractivity contribution in [3.63, 3.8) is 0 Å². The molecule has 0 aliphatic heterocycles. The van der Waals surface area contributed by atoms with Crippen LogP contribution < -0.4 is 4.52 Å². The van der Waals surface area contributed by atoms with Crippen LogP contribution in [0.2, 0.25) is 0 Å². The van der Waals surface area contributed by atoms with Gasteiger partial charge in [0.05, 0.1) is 11.4 Å². The van der Waals surface area contributed by atoms with E-state index in [0.29, 0.717) is 29.4 Å². The van der Waals surface area contributed by atoms with Crippen molar-refractivity contribution in [1.82, 2.24) is 24.0 Å². The second-order valence-corrected chi connectivity index (χ2v) is 23.5. The second kappa shape index (κ2) is 26.8. The molecule has 0 aliphatic rings. The summed E-state index contributed by atoms with van der Waals surface area (Å²) in [5.41, 5.74) is 9.50. The highest BCUT2D eigenvalue weighted by molar-refractivity contribution is 8.20. The van der Waals surface area contributed by atoms with Crippen molar-refractivity contribution in [2.75, 3.05) is 19.6 Å². The summed E-state index contributed by atoms with van der Waals surface area (Å²) in [7, 11) is 0. The van der Waals surface area contributed by atoms with E-state index >= 15 is 0 Å². The summed E-state index contributed by atoms with van der Waals surface area (Å²) < 4.78 is 9.81. The fraction of sp³-hybridized carbons (Fsp3) is 0.375. The minimum atomic E-state index is -1.51. The quantitative estimate of drug-likeness (QED) is 0.117. The molecule has 0 fully saturated rings. The number of para-hydroxylation sites is 2. The predicted octanol–water partition coefficient (Wildman–Crippen LogP) is 17.6. The summed E-state index contributed by atoms with van der Waals surface area (Å²) in [5.74, 6) is 3.04. The van der Waals surface area contributed by atoms with Gasteiger partial charge in [-0.15, -0.1) is 0 Å². The molecule has 4 aromatic carbocycles. The second-order valence-electron chi connectivity index (χ2n) is 15.6. The number of hydrogen-bond acceptors (Lipinski definition) is 5. The maximum Gasteiger partial charge on any atom is 0.284 e. The molecule has 2 heterocycles. The zero-order valence-electron chi connectivity index (χ0n) is 37.7. The summed E-state index contributed by atoms with van der Waals surface area (Å²) in [6.07, 6.45) is 7.68. The third-order valence-electron chi connectivity index (χ3n) is 10.2. The number of imidazole rings is 2. The van der Waals surface area contributed by atoms with Gasteiger partial charge >= 0.3 is 0 Å². The summed E-state index contributed by atoms with van der Waals surface area (Å²) in [5, 5.41) is 9.82. The van der Waals surface area contributed by atoms with E-state index in [1.165, 1.54) is 53.3 Å². The molecule has 0 spiro atoms. The van der Waals surface area contributed by atoms with Gasteiger partial charge in [0.25, 0.3) is 6.85 Å². The molecule has 0 radical (unpaired) electrons. The fourth-order valence-electron chi connectivity index (χ4n) is 7.06. The van der Waals surface area contributed by atoms with Gasteiger partial charge in [-0.05, 0) is 112 Å². The van der Waals surface area contributed by atoms with Crippen LogP contribution in [0.5, 0.6) is 11.5 Å². The van der Waals surface area contributed by atoms with Gasteiger partial charge in [-0.1, -0.05) is 171 Å². The van der Waals surface area contributed by atoms with E-state index in [-0.39, 0.29) is 5.75 Å². The first-order valence-corrected chi connectivity index (χ1v) is 28.1. The number of halogens is 5. The smallest absolute Gasteiger partial charge is 0.284 e. The van der Waals surface area contributed by atoms with Crippen molar-refractivity contribution in [3.05, 3.63) is 132 Å². The Kier molecular flexibility index (Phi) is 23.2. The molecule has 0 atom stereocenters. The first-order chi connectivity index (χ1) is 29.4. The lowest BCUT2D eigenvalue weighted by Crippen LogP contribution is -2.21. The monoisotopic (exact) mass is 977 g/mol. The highest BCUT2D eigenvalue weighted by Crippen LogP contribution is 2.51. The Morgan fingerprint density at radius 1 is 0.565 bits per heavy atom. The Balaban J connectivity index is 0.000000268. The van der Waals surface area contributed by atoms with Crippen LogP contribution in [0.1, 0.15) is 122 Å². The molecule has 0 aliphatic carbocycles. The molecule has 0 bridgehead atoms. The largest absolute Gasteiger partial charge is 0.508 e. The minimum absolute atomic E-state index is 0.253. The molecule has 6 rings (SSSR count). The lowest BCUT2D eigenvalue weighted by atomic mass is 9.92. The Morgan fingerprint density at radius 3 is 1.24 bits per heavy atom. The summed E-state index contributed by atoms with van der Waals surface area (Å²) >= 11 is 26.2. The molecular formula is C48H62Cl5N5O2P2. The average molecular weight is 980 g/mol. The fourth-order valence-corrected chi connectivity index (χ4v) is 7.81. The number of phenols is 1. The molecule has 2 aromatic heterocycles. The van der Waals surface area contributed by atoms with E-state index in [4.69, 9.17) is 60.7 Å². The van der Waals surface area contributed by atoms with E-state index in [1.807, 2.05) is 61.2 Å². The highest BCUT2D eigenvalue weighted by atomic mass is 36.0. The predicted molar refractivity (Wildman–Crippen MR) is 273 cm³/mol. The number of hydrogen-bond donors (Lipinski definition) is 1.